The lowest BCUT2D eigenvalue weighted by molar-refractivity contribution is 0.131. The maximum absolute atomic E-state index is 9.01. The van der Waals surface area contributed by atoms with Crippen LogP contribution >= 0.6 is 15.9 Å². The van der Waals surface area contributed by atoms with Crippen LogP contribution in [-0.2, 0) is 0 Å². The highest BCUT2D eigenvalue weighted by atomic mass is 79.9. The highest BCUT2D eigenvalue weighted by Crippen LogP contribution is 2.12. The molecule has 1 N–H and O–H groups in total. The summed E-state index contributed by atoms with van der Waals surface area (Å²) in [6, 6.07) is 0.628. The molecule has 0 aliphatic rings. The molecule has 0 amide bonds. The zero-order valence-electron chi connectivity index (χ0n) is 9.67. The van der Waals surface area contributed by atoms with Crippen LogP contribution in [0.5, 0.6) is 0 Å². The van der Waals surface area contributed by atoms with Gasteiger partial charge in [-0.05, 0) is 18.8 Å². The topological polar surface area (TPSA) is 23.5 Å². The van der Waals surface area contributed by atoms with Gasteiger partial charge >= 0.3 is 0 Å². The van der Waals surface area contributed by atoms with Gasteiger partial charge in [-0.15, -0.1) is 0 Å². The van der Waals surface area contributed by atoms with E-state index < -0.39 is 0 Å². The summed E-state index contributed by atoms with van der Waals surface area (Å²) in [5.74, 6) is 0.655. The third kappa shape index (κ3) is 5.32. The second-order valence-electron chi connectivity index (χ2n) is 3.95. The normalized spacial score (nSPS) is 13.9. The number of alkyl halides is 1. The monoisotopic (exact) mass is 265 g/mol. The van der Waals surface area contributed by atoms with Gasteiger partial charge in [0.05, 0.1) is 6.61 Å². The van der Waals surface area contributed by atoms with Gasteiger partial charge in [0.2, 0.25) is 0 Å². The Bertz CT molecular complexity index is 128. The molecule has 3 heteroatoms. The summed E-state index contributed by atoms with van der Waals surface area (Å²) in [6.07, 6.45) is 2.34. The number of hydrogen-bond acceptors (Lipinski definition) is 2. The van der Waals surface area contributed by atoms with Crippen molar-refractivity contribution in [3.05, 3.63) is 0 Å². The Morgan fingerprint density at radius 1 is 1.29 bits per heavy atom. The fourth-order valence-electron chi connectivity index (χ4n) is 1.81. The lowest BCUT2D eigenvalue weighted by Crippen LogP contribution is -2.39. The molecule has 0 radical (unpaired) electrons. The van der Waals surface area contributed by atoms with E-state index >= 15 is 0 Å². The molecule has 0 saturated heterocycles. The molecule has 0 saturated carbocycles. The Balaban J connectivity index is 4.10. The summed E-state index contributed by atoms with van der Waals surface area (Å²) in [6.45, 7) is 8.84. The van der Waals surface area contributed by atoms with E-state index in [1.165, 1.54) is 12.8 Å². The van der Waals surface area contributed by atoms with E-state index in [-0.39, 0.29) is 6.61 Å². The summed E-state index contributed by atoms with van der Waals surface area (Å²) in [5, 5.41) is 10.0. The minimum Gasteiger partial charge on any atom is -0.395 e. The van der Waals surface area contributed by atoms with Crippen molar-refractivity contribution in [2.75, 3.05) is 25.0 Å². The van der Waals surface area contributed by atoms with Crippen molar-refractivity contribution in [3.8, 4) is 0 Å². The Morgan fingerprint density at radius 3 is 2.21 bits per heavy atom. The zero-order chi connectivity index (χ0) is 11.0. The number of aliphatic hydroxyl groups is 1. The van der Waals surface area contributed by atoms with Crippen molar-refractivity contribution in [2.24, 2.45) is 5.92 Å². The van der Waals surface area contributed by atoms with Crippen molar-refractivity contribution >= 4 is 15.9 Å². The summed E-state index contributed by atoms with van der Waals surface area (Å²) in [7, 11) is 0. The molecule has 86 valence electrons. The van der Waals surface area contributed by atoms with Gasteiger partial charge in [0.25, 0.3) is 0 Å². The molecule has 1 atom stereocenters. The van der Waals surface area contributed by atoms with Gasteiger partial charge in [-0.1, -0.05) is 36.7 Å². The molecule has 0 aliphatic carbocycles. The summed E-state index contributed by atoms with van der Waals surface area (Å²) in [4.78, 5) is 2.41. The first kappa shape index (κ1) is 14.4. The Morgan fingerprint density at radius 2 is 1.86 bits per heavy atom. The van der Waals surface area contributed by atoms with E-state index in [0.29, 0.717) is 12.0 Å². The lowest BCUT2D eigenvalue weighted by Gasteiger charge is -2.31. The molecule has 1 unspecified atom stereocenters. The summed E-state index contributed by atoms with van der Waals surface area (Å²) < 4.78 is 0. The van der Waals surface area contributed by atoms with E-state index in [2.05, 4.69) is 41.6 Å². The SMILES string of the molecule is CCC(CC)N(CCO)CC(C)CBr. The van der Waals surface area contributed by atoms with Crippen LogP contribution < -0.4 is 0 Å². The molecule has 0 aromatic heterocycles. The highest BCUT2D eigenvalue weighted by Gasteiger charge is 2.16. The van der Waals surface area contributed by atoms with Crippen LogP contribution in [0.15, 0.2) is 0 Å². The summed E-state index contributed by atoms with van der Waals surface area (Å²) in [5.41, 5.74) is 0. The maximum atomic E-state index is 9.01. The number of hydrogen-bond donors (Lipinski definition) is 1. The largest absolute Gasteiger partial charge is 0.395 e. The van der Waals surface area contributed by atoms with Gasteiger partial charge in [-0.2, -0.15) is 0 Å². The Hall–Kier alpha value is 0.400. The van der Waals surface area contributed by atoms with Crippen molar-refractivity contribution in [1.29, 1.82) is 0 Å². The second-order valence-corrected chi connectivity index (χ2v) is 4.60. The first-order valence-corrected chi connectivity index (χ1v) is 6.72. The molecule has 0 heterocycles. The third-order valence-electron chi connectivity index (χ3n) is 2.66. The highest BCUT2D eigenvalue weighted by molar-refractivity contribution is 9.09. The van der Waals surface area contributed by atoms with Crippen molar-refractivity contribution in [3.63, 3.8) is 0 Å². The second kappa shape index (κ2) is 8.69. The van der Waals surface area contributed by atoms with Gasteiger partial charge in [0.1, 0.15) is 0 Å². The van der Waals surface area contributed by atoms with Gasteiger partial charge in [-0.3, -0.25) is 4.90 Å². The van der Waals surface area contributed by atoms with Crippen LogP contribution in [0.3, 0.4) is 0 Å². The van der Waals surface area contributed by atoms with Crippen molar-refractivity contribution in [1.82, 2.24) is 4.90 Å². The molecule has 0 rings (SSSR count). The van der Waals surface area contributed by atoms with Crippen LogP contribution in [0, 0.1) is 5.92 Å². The Labute approximate surface area is 96.8 Å². The average Bonchev–Trinajstić information content (AvgIpc) is 2.19. The lowest BCUT2D eigenvalue weighted by atomic mass is 10.1. The molecule has 2 nitrogen and oxygen atoms in total. The van der Waals surface area contributed by atoms with Crippen LogP contribution in [0.4, 0.5) is 0 Å². The van der Waals surface area contributed by atoms with Gasteiger partial charge in [-0.25, -0.2) is 0 Å². The fourth-order valence-corrected chi connectivity index (χ4v) is 2.01. The van der Waals surface area contributed by atoms with Gasteiger partial charge < -0.3 is 5.11 Å². The molecule has 14 heavy (non-hydrogen) atoms. The van der Waals surface area contributed by atoms with E-state index in [1.54, 1.807) is 0 Å². The molecule has 0 fully saturated rings. The molecular weight excluding hydrogens is 242 g/mol. The number of halogens is 1. The molecule has 0 aromatic rings. The predicted molar refractivity (Wildman–Crippen MR) is 66.0 cm³/mol. The zero-order valence-corrected chi connectivity index (χ0v) is 11.3. The van der Waals surface area contributed by atoms with Crippen LogP contribution in [0.1, 0.15) is 33.6 Å². The van der Waals surface area contributed by atoms with E-state index in [1.807, 2.05) is 0 Å². The third-order valence-corrected chi connectivity index (χ3v) is 3.76. The average molecular weight is 266 g/mol. The number of aliphatic hydroxyl groups excluding tert-OH is 1. The first-order valence-electron chi connectivity index (χ1n) is 5.60. The van der Waals surface area contributed by atoms with Gasteiger partial charge in [0, 0.05) is 24.5 Å². The van der Waals surface area contributed by atoms with Gasteiger partial charge in [0.15, 0.2) is 0 Å². The fraction of sp³-hybridized carbons (Fsp3) is 1.00. The van der Waals surface area contributed by atoms with Crippen molar-refractivity contribution in [2.45, 2.75) is 39.7 Å². The molecule has 0 bridgehead atoms. The van der Waals surface area contributed by atoms with E-state index in [0.717, 1.165) is 18.4 Å². The molecule has 0 spiro atoms. The first-order chi connectivity index (χ1) is 6.69. The van der Waals surface area contributed by atoms with E-state index in [4.69, 9.17) is 5.11 Å². The van der Waals surface area contributed by atoms with E-state index in [9.17, 15) is 0 Å². The smallest absolute Gasteiger partial charge is 0.0558 e. The van der Waals surface area contributed by atoms with Crippen LogP contribution in [0.2, 0.25) is 0 Å². The molecule has 0 aromatic carbocycles. The molecule has 0 aliphatic heterocycles. The maximum Gasteiger partial charge on any atom is 0.0558 e. The van der Waals surface area contributed by atoms with Crippen LogP contribution in [0.25, 0.3) is 0 Å². The number of rotatable bonds is 8. The minimum atomic E-state index is 0.269. The van der Waals surface area contributed by atoms with Crippen LogP contribution in [-0.4, -0.2) is 41.1 Å². The standard InChI is InChI=1S/C11H24BrNO/c1-4-11(5-2)13(6-7-14)9-10(3)8-12/h10-11,14H,4-9H2,1-3H3. The number of nitrogens with zero attached hydrogens (tertiary/aromatic N) is 1. The minimum absolute atomic E-state index is 0.269. The van der Waals surface area contributed by atoms with Crippen molar-refractivity contribution < 1.29 is 5.11 Å². The molecular formula is C11H24BrNO. The predicted octanol–water partition coefficient (Wildman–Crippen LogP) is 2.50. The quantitative estimate of drug-likeness (QED) is 0.682. The summed E-state index contributed by atoms with van der Waals surface area (Å²) >= 11 is 3.50. The Kier molecular flexibility index (Phi) is 8.94.